The Morgan fingerprint density at radius 1 is 1.12 bits per heavy atom. The maximum Gasteiger partial charge on any atom is 0.410 e. The number of unbranched alkanes of at least 4 members (excludes halogenated alkanes) is 1. The molecule has 1 fully saturated rings. The van der Waals surface area contributed by atoms with Crippen molar-refractivity contribution in [1.82, 2.24) is 30.1 Å². The minimum Gasteiger partial charge on any atom is -0.458 e. The molecule has 1 saturated heterocycles. The molecule has 1 amide bonds. The molecule has 312 valence electrons. The molecule has 3 heterocycles. The predicted molar refractivity (Wildman–Crippen MR) is 213 cm³/mol. The summed E-state index contributed by atoms with van der Waals surface area (Å²) >= 11 is 0. The Bertz CT molecular complexity index is 1650. The molecule has 56 heavy (non-hydrogen) atoms. The second-order valence-corrected chi connectivity index (χ2v) is 15.6. The molecule has 0 aliphatic carbocycles. The van der Waals surface area contributed by atoms with Crippen LogP contribution in [0.15, 0.2) is 42.1 Å². The fourth-order valence-electron chi connectivity index (χ4n) is 8.16. The highest BCUT2D eigenvalue weighted by molar-refractivity contribution is 6.00. The van der Waals surface area contributed by atoms with Gasteiger partial charge in [0.05, 0.1) is 18.3 Å². The van der Waals surface area contributed by atoms with E-state index in [2.05, 4.69) is 15.6 Å². The van der Waals surface area contributed by atoms with Crippen molar-refractivity contribution >= 4 is 23.5 Å². The Hall–Kier alpha value is -3.89. The quantitative estimate of drug-likeness (QED) is 0.0576. The summed E-state index contributed by atoms with van der Waals surface area (Å²) in [6, 6.07) is 6.41. The number of rotatable bonds is 15. The van der Waals surface area contributed by atoms with E-state index in [0.29, 0.717) is 51.0 Å². The molecule has 0 radical (unpaired) electrons. The highest BCUT2D eigenvalue weighted by Crippen LogP contribution is 2.38. The minimum atomic E-state index is -1.21. The number of benzene rings is 1. The van der Waals surface area contributed by atoms with Crippen LogP contribution in [0.2, 0.25) is 0 Å². The van der Waals surface area contributed by atoms with Gasteiger partial charge in [0.1, 0.15) is 23.8 Å². The zero-order valence-electron chi connectivity index (χ0n) is 34.9. The first-order chi connectivity index (χ1) is 26.6. The fraction of sp³-hybridized carbons (Fsp3) is 0.683. The van der Waals surface area contributed by atoms with Crippen molar-refractivity contribution in [3.8, 4) is 11.3 Å². The number of nitrogens with two attached hydrogens (primary N) is 1. The lowest BCUT2D eigenvalue weighted by molar-refractivity contribution is -0.225. The number of Topliss-reactive ketones (excluding diaryl/α,β-unsaturated/α-hetero) is 1. The van der Waals surface area contributed by atoms with Gasteiger partial charge in [-0.25, -0.2) is 4.79 Å². The van der Waals surface area contributed by atoms with Gasteiger partial charge in [-0.15, -0.1) is 5.10 Å². The summed E-state index contributed by atoms with van der Waals surface area (Å²) in [5.41, 5.74) is 7.73. The van der Waals surface area contributed by atoms with Gasteiger partial charge in [0.15, 0.2) is 17.7 Å². The van der Waals surface area contributed by atoms with Crippen molar-refractivity contribution < 1.29 is 38.4 Å². The number of ketones is 1. The lowest BCUT2D eigenvalue weighted by Crippen LogP contribution is -2.60. The molecule has 10 atom stereocenters. The molecular formula is C41H65N7O8. The van der Waals surface area contributed by atoms with Crippen LogP contribution in [0, 0.1) is 11.8 Å². The van der Waals surface area contributed by atoms with E-state index in [1.165, 1.54) is 6.92 Å². The maximum absolute atomic E-state index is 14.0. The SMILES string of the molecule is CCO[C@@H](O[C@H]1/C(C)=C/CN[C@H](C)[C@H]2N(CCCCn3cc(-c4cccc(N)c4)nn3)C(=O)O[C@]2(C)[C@@H](CC)OC(=O)[C@H](C)C(=O)[C@@H]1C)C(O)C(CC)N(C)C. The van der Waals surface area contributed by atoms with Gasteiger partial charge in [-0.3, -0.25) is 19.2 Å². The molecule has 4 N–H and O–H groups in total. The maximum atomic E-state index is 14.0. The standard InChI is InChI=1S/C41H65N7O8/c1-11-32(46(9)10)35(50)39(53-13-3)55-36-25(4)19-20-43-28(7)37-41(8,33(12-2)54-38(51)27(6)34(49)26(36)5)56-40(52)48(37)22-15-14-21-47-24-31(44-45-47)29-17-16-18-30(42)23-29/h16-19,23-24,26-28,32-33,35-37,39,43,50H,11-15,20-22,42H2,1-10H3/b25-19+/t26-,27+,28+,32?,33+,35?,36-,37+,39-,41+/m0/s1. The second kappa shape index (κ2) is 20.0. The van der Waals surface area contributed by atoms with E-state index in [9.17, 15) is 19.5 Å². The number of aliphatic hydroxyl groups is 1. The number of carbonyl (C=O) groups excluding carboxylic acids is 3. The van der Waals surface area contributed by atoms with E-state index in [0.717, 1.165) is 16.8 Å². The van der Waals surface area contributed by atoms with Crippen molar-refractivity contribution in [3.63, 3.8) is 0 Å². The lowest BCUT2D eigenvalue weighted by Gasteiger charge is -2.41. The van der Waals surface area contributed by atoms with Gasteiger partial charge in [-0.2, -0.15) is 0 Å². The summed E-state index contributed by atoms with van der Waals surface area (Å²) in [4.78, 5) is 45.2. The zero-order chi connectivity index (χ0) is 41.3. The number of aliphatic hydroxyl groups excluding tert-OH is 1. The van der Waals surface area contributed by atoms with Crippen LogP contribution in [-0.4, -0.2) is 130 Å². The number of ether oxygens (including phenoxy) is 4. The van der Waals surface area contributed by atoms with Gasteiger partial charge in [-0.05, 0) is 92.1 Å². The number of carbonyl (C=O) groups is 3. The molecule has 4 rings (SSSR count). The van der Waals surface area contributed by atoms with E-state index in [1.54, 1.807) is 16.5 Å². The summed E-state index contributed by atoms with van der Waals surface area (Å²) in [7, 11) is 3.77. The van der Waals surface area contributed by atoms with E-state index in [-0.39, 0.29) is 24.5 Å². The molecule has 2 unspecified atom stereocenters. The Kier molecular flexibility index (Phi) is 16.0. The number of amides is 1. The van der Waals surface area contributed by atoms with Gasteiger partial charge in [0.2, 0.25) is 0 Å². The highest BCUT2D eigenvalue weighted by atomic mass is 16.7. The molecule has 0 saturated carbocycles. The van der Waals surface area contributed by atoms with Crippen LogP contribution in [0.4, 0.5) is 10.5 Å². The molecule has 15 heteroatoms. The first-order valence-corrected chi connectivity index (χ1v) is 20.1. The molecule has 2 aromatic rings. The topological polar surface area (TPSA) is 184 Å². The van der Waals surface area contributed by atoms with Gasteiger partial charge in [0.25, 0.3) is 0 Å². The molecule has 0 spiro atoms. The van der Waals surface area contributed by atoms with Crippen LogP contribution in [0.3, 0.4) is 0 Å². The third-order valence-electron chi connectivity index (χ3n) is 11.3. The van der Waals surface area contributed by atoms with Crippen molar-refractivity contribution in [2.45, 2.75) is 136 Å². The monoisotopic (exact) mass is 783 g/mol. The molecule has 2 aliphatic heterocycles. The van der Waals surface area contributed by atoms with Crippen LogP contribution < -0.4 is 11.1 Å². The number of nitrogens with zero attached hydrogens (tertiary/aromatic N) is 5. The van der Waals surface area contributed by atoms with E-state index >= 15 is 0 Å². The summed E-state index contributed by atoms with van der Waals surface area (Å²) in [6.45, 7) is 16.3. The number of esters is 1. The number of fused-ring (bicyclic) bond motifs is 1. The van der Waals surface area contributed by atoms with Crippen molar-refractivity contribution in [1.29, 1.82) is 0 Å². The first kappa shape index (κ1) is 44.8. The van der Waals surface area contributed by atoms with Crippen LogP contribution in [0.25, 0.3) is 11.3 Å². The minimum absolute atomic E-state index is 0.258. The van der Waals surface area contributed by atoms with Crippen molar-refractivity contribution in [3.05, 3.63) is 42.1 Å². The van der Waals surface area contributed by atoms with Gasteiger partial charge in [-0.1, -0.05) is 44.2 Å². The number of aryl methyl sites for hydroxylation is 1. The van der Waals surface area contributed by atoms with Crippen LogP contribution in [0.5, 0.6) is 0 Å². The van der Waals surface area contributed by atoms with Crippen LogP contribution in [0.1, 0.15) is 81.1 Å². The molecule has 15 nitrogen and oxygen atoms in total. The summed E-state index contributed by atoms with van der Waals surface area (Å²) < 4.78 is 26.5. The number of anilines is 1. The Morgan fingerprint density at radius 2 is 1.84 bits per heavy atom. The third kappa shape index (κ3) is 10.3. The molecule has 0 bridgehead atoms. The molecular weight excluding hydrogens is 718 g/mol. The van der Waals surface area contributed by atoms with Gasteiger partial charge < -0.3 is 40.0 Å². The average molecular weight is 784 g/mol. The Labute approximate surface area is 332 Å². The number of aromatic nitrogens is 3. The van der Waals surface area contributed by atoms with Crippen molar-refractivity contribution in [2.75, 3.05) is 39.5 Å². The predicted octanol–water partition coefficient (Wildman–Crippen LogP) is 4.44. The Balaban J connectivity index is 1.57. The molecule has 1 aromatic carbocycles. The van der Waals surface area contributed by atoms with Gasteiger partial charge >= 0.3 is 12.1 Å². The third-order valence-corrected chi connectivity index (χ3v) is 11.3. The Morgan fingerprint density at radius 3 is 2.48 bits per heavy atom. The number of hydrogen-bond acceptors (Lipinski definition) is 13. The first-order valence-electron chi connectivity index (χ1n) is 20.1. The normalized spacial score (nSPS) is 29.2. The van der Waals surface area contributed by atoms with E-state index in [1.807, 2.05) is 97.1 Å². The molecule has 2 aliphatic rings. The number of hydrogen-bond donors (Lipinski definition) is 3. The zero-order valence-corrected chi connectivity index (χ0v) is 34.9. The highest BCUT2D eigenvalue weighted by Gasteiger charge is 2.58. The fourth-order valence-corrected chi connectivity index (χ4v) is 8.16. The van der Waals surface area contributed by atoms with Gasteiger partial charge in [0, 0.05) is 55.5 Å². The number of nitrogens with one attached hydrogen (secondary N) is 1. The molecule has 1 aromatic heterocycles. The second-order valence-electron chi connectivity index (χ2n) is 15.6. The smallest absolute Gasteiger partial charge is 0.410 e. The number of likely N-dealkylation sites (N-methyl/N-ethyl adjacent to an activating group) is 1. The van der Waals surface area contributed by atoms with E-state index < -0.39 is 60.1 Å². The summed E-state index contributed by atoms with van der Waals surface area (Å²) in [5, 5.41) is 23.5. The van der Waals surface area contributed by atoms with E-state index in [4.69, 9.17) is 24.7 Å². The summed E-state index contributed by atoms with van der Waals surface area (Å²) in [5.74, 6) is -2.99. The summed E-state index contributed by atoms with van der Waals surface area (Å²) in [6.07, 6.45) is 2.04. The number of nitrogen functional groups attached to an aromatic ring is 1. The largest absolute Gasteiger partial charge is 0.458 e. The van der Waals surface area contributed by atoms with Crippen LogP contribution in [-0.2, 0) is 35.1 Å². The van der Waals surface area contributed by atoms with Crippen molar-refractivity contribution in [2.24, 2.45) is 11.8 Å². The average Bonchev–Trinajstić information content (AvgIpc) is 3.74. The number of cyclic esters (lactones) is 1. The van der Waals surface area contributed by atoms with Crippen LogP contribution >= 0.6 is 0 Å². The lowest BCUT2D eigenvalue weighted by atomic mass is 9.83.